The van der Waals surface area contributed by atoms with Crippen LogP contribution in [0, 0.1) is 6.92 Å². The molecule has 32 heavy (non-hydrogen) atoms. The van der Waals surface area contributed by atoms with E-state index in [9.17, 15) is 9.18 Å². The van der Waals surface area contributed by atoms with Gasteiger partial charge in [-0.3, -0.25) is 5.10 Å². The van der Waals surface area contributed by atoms with Gasteiger partial charge in [-0.2, -0.15) is 10.2 Å². The fraction of sp³-hybridized carbons (Fsp3) is 0.524. The van der Waals surface area contributed by atoms with Crippen LogP contribution in [-0.4, -0.2) is 56.3 Å². The van der Waals surface area contributed by atoms with Crippen molar-refractivity contribution in [2.45, 2.75) is 64.5 Å². The van der Waals surface area contributed by atoms with Gasteiger partial charge in [-0.15, -0.1) is 0 Å². The van der Waals surface area contributed by atoms with E-state index in [1.807, 2.05) is 20.8 Å². The van der Waals surface area contributed by atoms with Gasteiger partial charge in [0.1, 0.15) is 17.8 Å². The standard InChI is InChI=1S/C21H28FN7O3/c1-11(2)24-21(30)32-16-6-5-13(18(16)22)14-9-17(27-26-14)25-20-19-12(3)15(10-31-4)28-29(19)8-7-23-20/h7-9,11,13,16,18H,5-6,10H2,1-4H3,(H,24,30)(H2,23,25,26,27)/t13-,16-,18+/m1/s1. The number of hydrogen-bond donors (Lipinski definition) is 3. The zero-order chi connectivity index (χ0) is 22.8. The average Bonchev–Trinajstić information content (AvgIpc) is 3.41. The number of aromatic nitrogens is 5. The second-order valence-corrected chi connectivity index (χ2v) is 8.28. The van der Waals surface area contributed by atoms with Gasteiger partial charge in [-0.1, -0.05) is 0 Å². The highest BCUT2D eigenvalue weighted by Crippen LogP contribution is 2.38. The topological polar surface area (TPSA) is 118 Å². The van der Waals surface area contributed by atoms with Gasteiger partial charge in [0.2, 0.25) is 0 Å². The van der Waals surface area contributed by atoms with E-state index in [0.717, 1.165) is 16.8 Å². The summed E-state index contributed by atoms with van der Waals surface area (Å²) in [6.07, 6.45) is 1.74. The minimum absolute atomic E-state index is 0.0675. The number of anilines is 2. The monoisotopic (exact) mass is 445 g/mol. The molecule has 11 heteroatoms. The van der Waals surface area contributed by atoms with Gasteiger partial charge < -0.3 is 20.1 Å². The van der Waals surface area contributed by atoms with Crippen LogP contribution in [0.1, 0.15) is 49.6 Å². The van der Waals surface area contributed by atoms with E-state index < -0.39 is 24.3 Å². The number of nitrogens with zero attached hydrogens (tertiary/aromatic N) is 4. The molecule has 0 aromatic carbocycles. The fourth-order valence-electron chi connectivity index (χ4n) is 4.05. The number of amides is 1. The first kappa shape index (κ1) is 22.0. The SMILES string of the molecule is COCc1nn2ccnc(Nc3cc([C@H]4CC[C@@H](OC(=O)NC(C)C)[C@H]4F)[nH]n3)c2c1C. The van der Waals surface area contributed by atoms with Crippen molar-refractivity contribution in [2.24, 2.45) is 0 Å². The largest absolute Gasteiger partial charge is 0.443 e. The number of ether oxygens (including phenoxy) is 2. The second kappa shape index (κ2) is 9.11. The minimum Gasteiger partial charge on any atom is -0.443 e. The third kappa shape index (κ3) is 4.38. The van der Waals surface area contributed by atoms with Crippen LogP contribution < -0.4 is 10.6 Å². The van der Waals surface area contributed by atoms with Crippen molar-refractivity contribution in [3.63, 3.8) is 0 Å². The molecule has 1 saturated carbocycles. The Balaban J connectivity index is 1.48. The van der Waals surface area contributed by atoms with Gasteiger partial charge in [-0.05, 0) is 33.6 Å². The van der Waals surface area contributed by atoms with Crippen molar-refractivity contribution in [1.82, 2.24) is 30.1 Å². The Kier molecular flexibility index (Phi) is 6.26. The fourth-order valence-corrected chi connectivity index (χ4v) is 4.05. The van der Waals surface area contributed by atoms with Gasteiger partial charge >= 0.3 is 6.09 Å². The predicted molar refractivity (Wildman–Crippen MR) is 116 cm³/mol. The summed E-state index contributed by atoms with van der Waals surface area (Å²) in [5.41, 5.74) is 3.24. The summed E-state index contributed by atoms with van der Waals surface area (Å²) in [4.78, 5) is 16.3. The molecule has 0 aliphatic heterocycles. The van der Waals surface area contributed by atoms with Crippen molar-refractivity contribution in [3.8, 4) is 0 Å². The number of halogens is 1. The van der Waals surface area contributed by atoms with Crippen LogP contribution in [0.3, 0.4) is 0 Å². The molecule has 0 spiro atoms. The van der Waals surface area contributed by atoms with E-state index in [1.165, 1.54) is 0 Å². The number of H-pyrrole nitrogens is 1. The Morgan fingerprint density at radius 2 is 2.22 bits per heavy atom. The quantitative estimate of drug-likeness (QED) is 0.510. The van der Waals surface area contributed by atoms with Crippen LogP contribution in [0.2, 0.25) is 0 Å². The van der Waals surface area contributed by atoms with E-state index >= 15 is 0 Å². The first-order valence-electron chi connectivity index (χ1n) is 10.6. The molecule has 3 aromatic rings. The number of hydrogen-bond acceptors (Lipinski definition) is 7. The summed E-state index contributed by atoms with van der Waals surface area (Å²) >= 11 is 0. The van der Waals surface area contributed by atoms with Crippen LogP contribution in [0.15, 0.2) is 18.5 Å². The number of nitrogens with one attached hydrogen (secondary N) is 3. The Morgan fingerprint density at radius 3 is 2.97 bits per heavy atom. The Hall–Kier alpha value is -3.21. The number of carbonyl (C=O) groups is 1. The molecular formula is C21H28FN7O3. The van der Waals surface area contributed by atoms with Crippen LogP contribution in [-0.2, 0) is 16.1 Å². The van der Waals surface area contributed by atoms with E-state index in [4.69, 9.17) is 9.47 Å². The molecule has 0 bridgehead atoms. The number of alkyl halides is 1. The molecule has 172 valence electrons. The number of methoxy groups -OCH3 is 1. The molecule has 1 fully saturated rings. The van der Waals surface area contributed by atoms with Crippen LogP contribution >= 0.6 is 0 Å². The van der Waals surface area contributed by atoms with Gasteiger partial charge in [0.15, 0.2) is 11.6 Å². The number of carbonyl (C=O) groups excluding carboxylic acids is 1. The van der Waals surface area contributed by atoms with Gasteiger partial charge in [0.25, 0.3) is 0 Å². The lowest BCUT2D eigenvalue weighted by Gasteiger charge is -2.18. The van der Waals surface area contributed by atoms with Crippen molar-refractivity contribution in [2.75, 3.05) is 12.4 Å². The normalized spacial score (nSPS) is 20.8. The molecule has 0 saturated heterocycles. The zero-order valence-corrected chi connectivity index (χ0v) is 18.6. The molecule has 3 N–H and O–H groups in total. The number of rotatable bonds is 7. The second-order valence-electron chi connectivity index (χ2n) is 8.28. The molecule has 3 heterocycles. The highest BCUT2D eigenvalue weighted by atomic mass is 19.1. The molecule has 0 radical (unpaired) electrons. The lowest BCUT2D eigenvalue weighted by atomic mass is 10.0. The van der Waals surface area contributed by atoms with Crippen molar-refractivity contribution >= 4 is 23.2 Å². The maximum absolute atomic E-state index is 15.0. The van der Waals surface area contributed by atoms with Crippen molar-refractivity contribution in [3.05, 3.63) is 35.4 Å². The molecular weight excluding hydrogens is 417 g/mol. The Morgan fingerprint density at radius 1 is 1.41 bits per heavy atom. The van der Waals surface area contributed by atoms with Crippen LogP contribution in [0.4, 0.5) is 20.8 Å². The Bertz CT molecular complexity index is 1100. The van der Waals surface area contributed by atoms with Gasteiger partial charge in [0.05, 0.1) is 12.3 Å². The van der Waals surface area contributed by atoms with Crippen molar-refractivity contribution in [1.29, 1.82) is 0 Å². The third-order valence-electron chi connectivity index (χ3n) is 5.57. The zero-order valence-electron chi connectivity index (χ0n) is 18.6. The number of fused-ring (bicyclic) bond motifs is 1. The van der Waals surface area contributed by atoms with Crippen molar-refractivity contribution < 1.29 is 18.7 Å². The number of alkyl carbamates (subject to hydrolysis) is 1. The predicted octanol–water partition coefficient (Wildman–Crippen LogP) is 3.37. The minimum atomic E-state index is -1.31. The summed E-state index contributed by atoms with van der Waals surface area (Å²) in [5.74, 6) is 0.681. The van der Waals surface area contributed by atoms with E-state index in [-0.39, 0.29) is 6.04 Å². The molecule has 4 rings (SSSR count). The lowest BCUT2D eigenvalue weighted by Crippen LogP contribution is -2.36. The van der Waals surface area contributed by atoms with Crippen LogP contribution in [0.5, 0.6) is 0 Å². The molecule has 1 amide bonds. The first-order valence-corrected chi connectivity index (χ1v) is 10.6. The highest BCUT2D eigenvalue weighted by molar-refractivity contribution is 5.76. The molecule has 0 unspecified atom stereocenters. The summed E-state index contributed by atoms with van der Waals surface area (Å²) in [6, 6.07) is 1.70. The maximum Gasteiger partial charge on any atom is 0.407 e. The van der Waals surface area contributed by atoms with Crippen LogP contribution in [0.25, 0.3) is 5.52 Å². The lowest BCUT2D eigenvalue weighted by molar-refractivity contribution is 0.0555. The summed E-state index contributed by atoms with van der Waals surface area (Å²) in [6.45, 7) is 6.01. The molecule has 3 atom stereocenters. The van der Waals surface area contributed by atoms with Gasteiger partial charge in [0, 0.05) is 48.8 Å². The molecule has 10 nitrogen and oxygen atoms in total. The summed E-state index contributed by atoms with van der Waals surface area (Å²) < 4.78 is 27.2. The number of aromatic amines is 1. The Labute approximate surface area is 184 Å². The maximum atomic E-state index is 15.0. The average molecular weight is 445 g/mol. The van der Waals surface area contributed by atoms with E-state index in [0.29, 0.717) is 36.8 Å². The molecule has 3 aromatic heterocycles. The smallest absolute Gasteiger partial charge is 0.407 e. The van der Waals surface area contributed by atoms with E-state index in [2.05, 4.69) is 30.9 Å². The third-order valence-corrected chi connectivity index (χ3v) is 5.57. The molecule has 1 aliphatic rings. The summed E-state index contributed by atoms with van der Waals surface area (Å²) in [5, 5.41) is 17.5. The van der Waals surface area contributed by atoms with E-state index in [1.54, 1.807) is 30.1 Å². The molecule has 1 aliphatic carbocycles. The highest BCUT2D eigenvalue weighted by Gasteiger charge is 2.40. The summed E-state index contributed by atoms with van der Waals surface area (Å²) in [7, 11) is 1.62. The number of aryl methyl sites for hydroxylation is 1. The first-order chi connectivity index (χ1) is 15.4. The van der Waals surface area contributed by atoms with Gasteiger partial charge in [-0.25, -0.2) is 18.7 Å².